The van der Waals surface area contributed by atoms with E-state index in [4.69, 9.17) is 15.2 Å². The van der Waals surface area contributed by atoms with Gasteiger partial charge in [0.15, 0.2) is 0 Å². The molecule has 0 spiro atoms. The van der Waals surface area contributed by atoms with E-state index in [1.54, 1.807) is 0 Å². The van der Waals surface area contributed by atoms with Crippen molar-refractivity contribution in [2.24, 2.45) is 5.73 Å². The quantitative estimate of drug-likeness (QED) is 0.396. The molecule has 2 N–H and O–H groups in total. The average Bonchev–Trinajstić information content (AvgIpc) is 2.16. The van der Waals surface area contributed by atoms with Gasteiger partial charge >= 0.3 is 5.97 Å². The van der Waals surface area contributed by atoms with Crippen LogP contribution in [0.5, 0.6) is 0 Å². The van der Waals surface area contributed by atoms with E-state index in [0.29, 0.717) is 26.2 Å². The summed E-state index contributed by atoms with van der Waals surface area (Å²) in [5.74, 6) is -0.363. The minimum absolute atomic E-state index is 0. The average molecular weight is 224 g/mol. The van der Waals surface area contributed by atoms with Gasteiger partial charge in [-0.2, -0.15) is 0 Å². The van der Waals surface area contributed by atoms with Gasteiger partial charge in [-0.15, -0.1) is 12.4 Å². The van der Waals surface area contributed by atoms with Gasteiger partial charge in [0.05, 0.1) is 19.8 Å². The van der Waals surface area contributed by atoms with Crippen molar-refractivity contribution in [2.75, 3.05) is 26.4 Å². The third-order valence-electron chi connectivity index (χ3n) is 1.30. The number of esters is 1. The Hall–Kier alpha value is -0.580. The first-order valence-corrected chi connectivity index (χ1v) is 4.39. The standard InChI is InChI=1S/C9H17NO3.ClH/c1-2-12-6-4-3-5-7-13-9(11)8-10;/h3-4H,2,5-8,10H2,1H3;1H/b4-3+;. The lowest BCUT2D eigenvalue weighted by atomic mass is 10.4. The molecular formula is C9H18ClNO3. The van der Waals surface area contributed by atoms with E-state index in [-0.39, 0.29) is 24.9 Å². The number of rotatable bonds is 7. The molecule has 0 saturated heterocycles. The Kier molecular flexibility index (Phi) is 14.1. The number of ether oxygens (including phenoxy) is 2. The molecule has 0 amide bonds. The monoisotopic (exact) mass is 223 g/mol. The third kappa shape index (κ3) is 11.4. The molecule has 0 unspecified atom stereocenters. The summed E-state index contributed by atoms with van der Waals surface area (Å²) in [6.07, 6.45) is 4.53. The molecule has 0 aromatic rings. The first-order valence-electron chi connectivity index (χ1n) is 4.39. The van der Waals surface area contributed by atoms with Crippen molar-refractivity contribution in [1.82, 2.24) is 0 Å². The number of halogens is 1. The van der Waals surface area contributed by atoms with E-state index in [9.17, 15) is 4.79 Å². The van der Waals surface area contributed by atoms with Crippen LogP contribution in [0.1, 0.15) is 13.3 Å². The predicted octanol–water partition coefficient (Wildman–Crippen LogP) is 0.893. The molecule has 84 valence electrons. The molecule has 14 heavy (non-hydrogen) atoms. The fourth-order valence-electron chi connectivity index (χ4n) is 0.672. The second kappa shape index (κ2) is 12.4. The molecule has 0 aliphatic carbocycles. The van der Waals surface area contributed by atoms with Crippen molar-refractivity contribution in [3.05, 3.63) is 12.2 Å². The summed E-state index contributed by atoms with van der Waals surface area (Å²) in [7, 11) is 0. The van der Waals surface area contributed by atoms with Crippen LogP contribution in [0.15, 0.2) is 12.2 Å². The van der Waals surface area contributed by atoms with Crippen LogP contribution in [0, 0.1) is 0 Å². The van der Waals surface area contributed by atoms with E-state index in [1.807, 2.05) is 19.1 Å². The highest BCUT2D eigenvalue weighted by atomic mass is 35.5. The maximum atomic E-state index is 10.6. The maximum absolute atomic E-state index is 10.6. The number of carbonyl (C=O) groups excluding carboxylic acids is 1. The van der Waals surface area contributed by atoms with E-state index in [0.717, 1.165) is 0 Å². The van der Waals surface area contributed by atoms with E-state index in [1.165, 1.54) is 0 Å². The summed E-state index contributed by atoms with van der Waals surface area (Å²) in [6, 6.07) is 0. The Morgan fingerprint density at radius 2 is 2.14 bits per heavy atom. The summed E-state index contributed by atoms with van der Waals surface area (Å²) in [5, 5.41) is 0. The van der Waals surface area contributed by atoms with Gasteiger partial charge in [0, 0.05) is 6.61 Å². The van der Waals surface area contributed by atoms with Gasteiger partial charge < -0.3 is 15.2 Å². The van der Waals surface area contributed by atoms with E-state index in [2.05, 4.69) is 0 Å². The Morgan fingerprint density at radius 1 is 1.43 bits per heavy atom. The molecule has 0 radical (unpaired) electrons. The highest BCUT2D eigenvalue weighted by molar-refractivity contribution is 5.85. The Labute approximate surface area is 90.9 Å². The molecule has 4 nitrogen and oxygen atoms in total. The summed E-state index contributed by atoms with van der Waals surface area (Å²) in [4.78, 5) is 10.6. The zero-order chi connectivity index (χ0) is 9.94. The molecule has 0 heterocycles. The SMILES string of the molecule is CCOC/C=C/CCOC(=O)CN.Cl. The van der Waals surface area contributed by atoms with Gasteiger partial charge in [0.25, 0.3) is 0 Å². The van der Waals surface area contributed by atoms with Crippen molar-refractivity contribution >= 4 is 18.4 Å². The minimum Gasteiger partial charge on any atom is -0.464 e. The molecule has 0 bridgehead atoms. The molecule has 0 atom stereocenters. The van der Waals surface area contributed by atoms with Gasteiger partial charge in [0.2, 0.25) is 0 Å². The Bertz CT molecular complexity index is 162. The summed E-state index contributed by atoms with van der Waals surface area (Å²) >= 11 is 0. The minimum atomic E-state index is -0.363. The fraction of sp³-hybridized carbons (Fsp3) is 0.667. The van der Waals surface area contributed by atoms with E-state index >= 15 is 0 Å². The van der Waals surface area contributed by atoms with Gasteiger partial charge in [-0.25, -0.2) is 0 Å². The van der Waals surface area contributed by atoms with Gasteiger partial charge in [-0.3, -0.25) is 4.79 Å². The fourth-order valence-corrected chi connectivity index (χ4v) is 0.672. The van der Waals surface area contributed by atoms with Crippen molar-refractivity contribution < 1.29 is 14.3 Å². The lowest BCUT2D eigenvalue weighted by Gasteiger charge is -1.99. The molecule has 0 fully saturated rings. The molecule has 0 saturated carbocycles. The molecule has 0 aromatic carbocycles. The first kappa shape index (κ1) is 15.9. The summed E-state index contributed by atoms with van der Waals surface area (Å²) < 4.78 is 9.81. The molecular weight excluding hydrogens is 206 g/mol. The normalized spacial score (nSPS) is 9.86. The number of hydrogen-bond donors (Lipinski definition) is 1. The predicted molar refractivity (Wildman–Crippen MR) is 57.5 cm³/mol. The first-order chi connectivity index (χ1) is 6.31. The largest absolute Gasteiger partial charge is 0.464 e. The molecule has 5 heteroatoms. The Morgan fingerprint density at radius 3 is 2.71 bits per heavy atom. The lowest BCUT2D eigenvalue weighted by Crippen LogP contribution is -2.16. The van der Waals surface area contributed by atoms with E-state index < -0.39 is 0 Å². The lowest BCUT2D eigenvalue weighted by molar-refractivity contribution is -0.141. The zero-order valence-electron chi connectivity index (χ0n) is 8.40. The molecule has 0 aliphatic rings. The highest BCUT2D eigenvalue weighted by Crippen LogP contribution is 1.86. The number of nitrogens with two attached hydrogens (primary N) is 1. The maximum Gasteiger partial charge on any atom is 0.319 e. The van der Waals surface area contributed by atoms with Gasteiger partial charge in [0.1, 0.15) is 0 Å². The zero-order valence-corrected chi connectivity index (χ0v) is 9.22. The van der Waals surface area contributed by atoms with Crippen LogP contribution in [0.2, 0.25) is 0 Å². The van der Waals surface area contributed by atoms with Crippen LogP contribution in [0.3, 0.4) is 0 Å². The third-order valence-corrected chi connectivity index (χ3v) is 1.30. The van der Waals surface area contributed by atoms with Crippen LogP contribution in [0.25, 0.3) is 0 Å². The second-order valence-electron chi connectivity index (χ2n) is 2.34. The van der Waals surface area contributed by atoms with Gasteiger partial charge in [-0.05, 0) is 13.3 Å². The van der Waals surface area contributed by atoms with Crippen molar-refractivity contribution in [3.8, 4) is 0 Å². The summed E-state index contributed by atoms with van der Waals surface area (Å²) in [6.45, 7) is 3.60. The highest BCUT2D eigenvalue weighted by Gasteiger charge is 1.94. The Balaban J connectivity index is 0. The van der Waals surface area contributed by atoms with Crippen LogP contribution >= 0.6 is 12.4 Å². The van der Waals surface area contributed by atoms with Crippen LogP contribution in [0.4, 0.5) is 0 Å². The van der Waals surface area contributed by atoms with Crippen LogP contribution < -0.4 is 5.73 Å². The van der Waals surface area contributed by atoms with Crippen LogP contribution in [-0.2, 0) is 14.3 Å². The molecule has 0 aliphatic heterocycles. The van der Waals surface area contributed by atoms with Crippen molar-refractivity contribution in [2.45, 2.75) is 13.3 Å². The smallest absolute Gasteiger partial charge is 0.319 e. The molecule has 0 rings (SSSR count). The van der Waals surface area contributed by atoms with Crippen molar-refractivity contribution in [1.29, 1.82) is 0 Å². The number of carbonyl (C=O) groups is 1. The topological polar surface area (TPSA) is 61.5 Å². The summed E-state index contributed by atoms with van der Waals surface area (Å²) in [5.41, 5.74) is 5.04. The van der Waals surface area contributed by atoms with Gasteiger partial charge in [-0.1, -0.05) is 12.2 Å². The van der Waals surface area contributed by atoms with Crippen LogP contribution in [-0.4, -0.2) is 32.3 Å². The molecule has 0 aromatic heterocycles. The number of hydrogen-bond acceptors (Lipinski definition) is 4. The second-order valence-corrected chi connectivity index (χ2v) is 2.34. The van der Waals surface area contributed by atoms with Crippen molar-refractivity contribution in [3.63, 3.8) is 0 Å².